The summed E-state index contributed by atoms with van der Waals surface area (Å²) < 4.78 is 5.53. The van der Waals surface area contributed by atoms with E-state index in [9.17, 15) is 14.4 Å². The van der Waals surface area contributed by atoms with Gasteiger partial charge in [0.25, 0.3) is 5.91 Å². The second kappa shape index (κ2) is 9.96. The summed E-state index contributed by atoms with van der Waals surface area (Å²) in [5.41, 5.74) is 5.65. The third-order valence-electron chi connectivity index (χ3n) is 3.42. The van der Waals surface area contributed by atoms with Crippen LogP contribution in [0.4, 0.5) is 5.69 Å². The number of ether oxygens (including phenoxy) is 1. The molecule has 2 rings (SSSR count). The molecule has 0 radical (unpaired) electrons. The molecule has 0 spiro atoms. The molecular formula is C20H23N3O4. The van der Waals surface area contributed by atoms with Crippen molar-refractivity contribution in [3.63, 3.8) is 0 Å². The lowest BCUT2D eigenvalue weighted by Crippen LogP contribution is -2.41. The third kappa shape index (κ3) is 7.19. The number of hydrogen-bond acceptors (Lipinski definition) is 4. The number of rotatable bonds is 7. The molecule has 0 aliphatic heterocycles. The Bertz CT molecular complexity index is 791. The summed E-state index contributed by atoms with van der Waals surface area (Å²) in [6, 6.07) is 15.6. The lowest BCUT2D eigenvalue weighted by molar-refractivity contribution is -0.124. The summed E-state index contributed by atoms with van der Waals surface area (Å²) >= 11 is 0. The van der Waals surface area contributed by atoms with Gasteiger partial charge in [0.05, 0.1) is 6.10 Å². The van der Waals surface area contributed by atoms with Crippen molar-refractivity contribution in [2.24, 2.45) is 0 Å². The monoisotopic (exact) mass is 369 g/mol. The number of carbonyl (C=O) groups excluding carboxylic acids is 3. The molecule has 0 atom stereocenters. The second-order valence-corrected chi connectivity index (χ2v) is 6.11. The molecule has 7 heteroatoms. The molecule has 3 amide bonds. The third-order valence-corrected chi connectivity index (χ3v) is 3.42. The Kier molecular flexibility index (Phi) is 7.37. The maximum atomic E-state index is 12.1. The van der Waals surface area contributed by atoms with Crippen LogP contribution >= 0.6 is 0 Å². The van der Waals surface area contributed by atoms with Gasteiger partial charge >= 0.3 is 0 Å². The van der Waals surface area contributed by atoms with E-state index in [1.807, 2.05) is 19.9 Å². The number of amides is 3. The Morgan fingerprint density at radius 3 is 2.30 bits per heavy atom. The van der Waals surface area contributed by atoms with E-state index < -0.39 is 11.8 Å². The quantitative estimate of drug-likeness (QED) is 0.654. The Labute approximate surface area is 158 Å². The predicted octanol–water partition coefficient (Wildman–Crippen LogP) is 2.65. The number of nitrogens with one attached hydrogen (secondary N) is 3. The first-order valence-corrected chi connectivity index (χ1v) is 8.65. The number of carbonyl (C=O) groups is 3. The van der Waals surface area contributed by atoms with Gasteiger partial charge in [0.1, 0.15) is 5.75 Å². The molecule has 0 bridgehead atoms. The van der Waals surface area contributed by atoms with Crippen LogP contribution < -0.4 is 20.9 Å². The number of para-hydroxylation sites is 1. The topological polar surface area (TPSA) is 96.5 Å². The van der Waals surface area contributed by atoms with E-state index >= 15 is 0 Å². The highest BCUT2D eigenvalue weighted by atomic mass is 16.5. The van der Waals surface area contributed by atoms with E-state index in [1.54, 1.807) is 48.5 Å². The van der Waals surface area contributed by atoms with Gasteiger partial charge in [-0.1, -0.05) is 24.3 Å². The molecule has 2 aromatic carbocycles. The van der Waals surface area contributed by atoms with Crippen molar-refractivity contribution >= 4 is 23.4 Å². The van der Waals surface area contributed by atoms with E-state index in [0.29, 0.717) is 17.0 Å². The van der Waals surface area contributed by atoms with Crippen LogP contribution in [0.1, 0.15) is 37.0 Å². The average Bonchev–Trinajstić information content (AvgIpc) is 2.65. The van der Waals surface area contributed by atoms with Gasteiger partial charge in [-0.15, -0.1) is 0 Å². The molecule has 142 valence electrons. The molecule has 0 fully saturated rings. The Hall–Kier alpha value is -3.35. The number of hydrazine groups is 1. The SMILES string of the molecule is CC(C)Oc1cccc(C(=O)NNC(=O)CCC(=O)Nc2ccccc2)c1. The van der Waals surface area contributed by atoms with Crippen molar-refractivity contribution in [2.75, 3.05) is 5.32 Å². The molecule has 3 N–H and O–H groups in total. The molecule has 0 heterocycles. The lowest BCUT2D eigenvalue weighted by Gasteiger charge is -2.11. The maximum Gasteiger partial charge on any atom is 0.269 e. The summed E-state index contributed by atoms with van der Waals surface area (Å²) in [7, 11) is 0. The molecule has 0 saturated heterocycles. The molecule has 2 aromatic rings. The molecular weight excluding hydrogens is 346 g/mol. The van der Waals surface area contributed by atoms with Gasteiger partial charge in [0, 0.05) is 24.1 Å². The smallest absolute Gasteiger partial charge is 0.269 e. The van der Waals surface area contributed by atoms with Crippen LogP contribution in [0, 0.1) is 0 Å². The first-order valence-electron chi connectivity index (χ1n) is 8.65. The van der Waals surface area contributed by atoms with E-state index in [1.165, 1.54) is 0 Å². The van der Waals surface area contributed by atoms with Gasteiger partial charge in [-0.25, -0.2) is 0 Å². The van der Waals surface area contributed by atoms with Crippen LogP contribution in [0.5, 0.6) is 5.75 Å². The van der Waals surface area contributed by atoms with Gasteiger partial charge in [0.15, 0.2) is 0 Å². The van der Waals surface area contributed by atoms with Crippen molar-refractivity contribution in [3.05, 3.63) is 60.2 Å². The highest BCUT2D eigenvalue weighted by Gasteiger charge is 2.11. The van der Waals surface area contributed by atoms with E-state index in [4.69, 9.17) is 4.74 Å². The van der Waals surface area contributed by atoms with Gasteiger partial charge < -0.3 is 10.1 Å². The van der Waals surface area contributed by atoms with Crippen LogP contribution in [-0.2, 0) is 9.59 Å². The first kappa shape index (κ1) is 20.0. The van der Waals surface area contributed by atoms with Crippen LogP contribution in [-0.4, -0.2) is 23.8 Å². The minimum Gasteiger partial charge on any atom is -0.491 e. The van der Waals surface area contributed by atoms with E-state index in [0.717, 1.165) is 0 Å². The summed E-state index contributed by atoms with van der Waals surface area (Å²) in [5.74, 6) is -0.629. The van der Waals surface area contributed by atoms with Crippen molar-refractivity contribution in [1.82, 2.24) is 10.9 Å². The highest BCUT2D eigenvalue weighted by molar-refractivity contribution is 5.96. The largest absolute Gasteiger partial charge is 0.491 e. The summed E-state index contributed by atoms with van der Waals surface area (Å²) in [6.07, 6.45) is -0.0472. The van der Waals surface area contributed by atoms with Crippen molar-refractivity contribution in [1.29, 1.82) is 0 Å². The molecule has 0 saturated carbocycles. The standard InChI is InChI=1S/C20H23N3O4/c1-14(2)27-17-10-6-7-15(13-17)20(26)23-22-19(25)12-11-18(24)21-16-8-4-3-5-9-16/h3-10,13-14H,11-12H2,1-2H3,(H,21,24)(H,22,25)(H,23,26). The molecule has 27 heavy (non-hydrogen) atoms. The predicted molar refractivity (Wildman–Crippen MR) is 102 cm³/mol. The highest BCUT2D eigenvalue weighted by Crippen LogP contribution is 2.14. The van der Waals surface area contributed by atoms with E-state index in [-0.39, 0.29) is 24.9 Å². The second-order valence-electron chi connectivity index (χ2n) is 6.11. The zero-order valence-corrected chi connectivity index (χ0v) is 15.3. The van der Waals surface area contributed by atoms with Crippen LogP contribution in [0.15, 0.2) is 54.6 Å². The Morgan fingerprint density at radius 1 is 0.889 bits per heavy atom. The van der Waals surface area contributed by atoms with Gasteiger partial charge in [0.2, 0.25) is 11.8 Å². The van der Waals surface area contributed by atoms with Crippen LogP contribution in [0.3, 0.4) is 0 Å². The molecule has 0 aliphatic rings. The molecule has 0 aromatic heterocycles. The van der Waals surface area contributed by atoms with Crippen molar-refractivity contribution in [3.8, 4) is 5.75 Å². The van der Waals surface area contributed by atoms with Crippen molar-refractivity contribution in [2.45, 2.75) is 32.8 Å². The Balaban J connectivity index is 1.75. The zero-order valence-electron chi connectivity index (χ0n) is 15.3. The molecule has 7 nitrogen and oxygen atoms in total. The minimum atomic E-state index is -0.466. The summed E-state index contributed by atoms with van der Waals surface area (Å²) in [5, 5.41) is 2.69. The fourth-order valence-corrected chi connectivity index (χ4v) is 2.22. The first-order chi connectivity index (χ1) is 12.9. The number of hydrogen-bond donors (Lipinski definition) is 3. The fourth-order valence-electron chi connectivity index (χ4n) is 2.22. The van der Waals surface area contributed by atoms with Crippen LogP contribution in [0.2, 0.25) is 0 Å². The van der Waals surface area contributed by atoms with E-state index in [2.05, 4.69) is 16.2 Å². The van der Waals surface area contributed by atoms with Crippen LogP contribution in [0.25, 0.3) is 0 Å². The van der Waals surface area contributed by atoms with Gasteiger partial charge in [-0.2, -0.15) is 0 Å². The van der Waals surface area contributed by atoms with Gasteiger partial charge in [-0.3, -0.25) is 25.2 Å². The summed E-state index contributed by atoms with van der Waals surface area (Å²) in [6.45, 7) is 3.78. The lowest BCUT2D eigenvalue weighted by atomic mass is 10.2. The van der Waals surface area contributed by atoms with Gasteiger partial charge in [-0.05, 0) is 44.2 Å². The zero-order chi connectivity index (χ0) is 19.6. The number of benzene rings is 2. The summed E-state index contributed by atoms with van der Waals surface area (Å²) in [4.78, 5) is 35.7. The van der Waals surface area contributed by atoms with Crippen molar-refractivity contribution < 1.29 is 19.1 Å². The minimum absolute atomic E-state index is 0.00825. The molecule has 0 aliphatic carbocycles. The fraction of sp³-hybridized carbons (Fsp3) is 0.250. The maximum absolute atomic E-state index is 12.1. The normalized spacial score (nSPS) is 10.2. The number of anilines is 1. The average molecular weight is 369 g/mol. The molecule has 0 unspecified atom stereocenters. The Morgan fingerprint density at radius 2 is 1.59 bits per heavy atom.